The molecule has 25 heavy (non-hydrogen) atoms. The van der Waals surface area contributed by atoms with E-state index in [1.807, 2.05) is 25.1 Å². The van der Waals surface area contributed by atoms with Crippen molar-refractivity contribution in [3.63, 3.8) is 0 Å². The number of rotatable bonds is 8. The van der Waals surface area contributed by atoms with Gasteiger partial charge in [0, 0.05) is 6.54 Å². The summed E-state index contributed by atoms with van der Waals surface area (Å²) in [5.74, 6) is 2.30. The summed E-state index contributed by atoms with van der Waals surface area (Å²) in [6.45, 7) is 2.72. The first kappa shape index (κ1) is 17.3. The van der Waals surface area contributed by atoms with E-state index in [1.165, 1.54) is 0 Å². The van der Waals surface area contributed by atoms with Crippen LogP contribution in [0.2, 0.25) is 0 Å². The number of hydrogen-bond donors (Lipinski definition) is 2. The maximum atomic E-state index is 11.8. The van der Waals surface area contributed by atoms with Gasteiger partial charge in [-0.25, -0.2) is 8.42 Å². The van der Waals surface area contributed by atoms with Crippen LogP contribution < -0.4 is 19.5 Å². The Bertz CT molecular complexity index is 825. The number of benzene rings is 1. The van der Waals surface area contributed by atoms with E-state index in [1.54, 1.807) is 12.1 Å². The highest BCUT2D eigenvalue weighted by atomic mass is 32.2. The van der Waals surface area contributed by atoms with Crippen LogP contribution in [0.25, 0.3) is 0 Å². The fourth-order valence-corrected chi connectivity index (χ4v) is 3.47. The minimum Gasteiger partial charge on any atom is -0.454 e. The third-order valence-electron chi connectivity index (χ3n) is 3.60. The number of nitrogens with one attached hydrogen (secondary N) is 2. The molecule has 134 valence electrons. The second kappa shape index (κ2) is 7.56. The number of anilines is 2. The lowest BCUT2D eigenvalue weighted by Gasteiger charge is -2.08. The zero-order valence-corrected chi connectivity index (χ0v) is 14.7. The summed E-state index contributed by atoms with van der Waals surface area (Å²) in [6.07, 6.45) is 1.42. The van der Waals surface area contributed by atoms with Crippen LogP contribution in [0.15, 0.2) is 30.3 Å². The largest absolute Gasteiger partial charge is 0.454 e. The molecule has 2 N–H and O–H groups in total. The smallest absolute Gasteiger partial charge is 0.233 e. The summed E-state index contributed by atoms with van der Waals surface area (Å²) in [5, 5.41) is 11.0. The van der Waals surface area contributed by atoms with Gasteiger partial charge in [-0.15, -0.1) is 10.2 Å². The highest BCUT2D eigenvalue weighted by molar-refractivity contribution is 7.92. The van der Waals surface area contributed by atoms with Gasteiger partial charge in [0.05, 0.1) is 5.75 Å². The van der Waals surface area contributed by atoms with E-state index >= 15 is 0 Å². The van der Waals surface area contributed by atoms with Gasteiger partial charge in [0.25, 0.3) is 0 Å². The van der Waals surface area contributed by atoms with Crippen LogP contribution in [-0.4, -0.2) is 31.2 Å². The number of sulfonamides is 1. The minimum absolute atomic E-state index is 0.0787. The lowest BCUT2D eigenvalue weighted by Crippen LogP contribution is -2.17. The van der Waals surface area contributed by atoms with E-state index < -0.39 is 10.0 Å². The van der Waals surface area contributed by atoms with Gasteiger partial charge in [-0.2, -0.15) is 0 Å². The van der Waals surface area contributed by atoms with Gasteiger partial charge in [0.2, 0.25) is 16.8 Å². The average molecular weight is 364 g/mol. The monoisotopic (exact) mass is 364 g/mol. The summed E-state index contributed by atoms with van der Waals surface area (Å²) >= 11 is 0. The normalized spacial score (nSPS) is 12.8. The van der Waals surface area contributed by atoms with Gasteiger partial charge >= 0.3 is 0 Å². The molecule has 0 amide bonds. The summed E-state index contributed by atoms with van der Waals surface area (Å²) in [7, 11) is -3.37. The van der Waals surface area contributed by atoms with Crippen molar-refractivity contribution in [1.82, 2.24) is 10.2 Å². The molecule has 0 spiro atoms. The van der Waals surface area contributed by atoms with E-state index in [-0.39, 0.29) is 18.4 Å². The quantitative estimate of drug-likeness (QED) is 0.741. The zero-order chi connectivity index (χ0) is 17.7. The van der Waals surface area contributed by atoms with E-state index in [0.717, 1.165) is 23.5 Å². The Kier molecular flexibility index (Phi) is 5.22. The summed E-state index contributed by atoms with van der Waals surface area (Å²) in [4.78, 5) is 0. The molecule has 3 rings (SSSR count). The molecular weight excluding hydrogens is 344 g/mol. The lowest BCUT2D eigenvalue weighted by molar-refractivity contribution is 0.174. The summed E-state index contributed by atoms with van der Waals surface area (Å²) < 4.78 is 36.7. The van der Waals surface area contributed by atoms with Gasteiger partial charge in [-0.05, 0) is 36.2 Å². The maximum absolute atomic E-state index is 11.8. The SMILES string of the molecule is CCCCS(=O)(=O)Nc1ccc(NCc2ccc3c(c2)OCO3)nn1. The van der Waals surface area contributed by atoms with Crippen molar-refractivity contribution in [3.8, 4) is 11.5 Å². The third-order valence-corrected chi connectivity index (χ3v) is 4.95. The molecule has 1 aromatic heterocycles. The van der Waals surface area contributed by atoms with Crippen LogP contribution in [0.5, 0.6) is 11.5 Å². The van der Waals surface area contributed by atoms with Crippen molar-refractivity contribution in [1.29, 1.82) is 0 Å². The molecule has 9 heteroatoms. The van der Waals surface area contributed by atoms with E-state index in [0.29, 0.717) is 18.8 Å². The third kappa shape index (κ3) is 4.72. The van der Waals surface area contributed by atoms with Crippen LogP contribution >= 0.6 is 0 Å². The van der Waals surface area contributed by atoms with Gasteiger partial charge in [-0.1, -0.05) is 19.4 Å². The zero-order valence-electron chi connectivity index (χ0n) is 13.9. The van der Waals surface area contributed by atoms with Crippen molar-refractivity contribution in [2.75, 3.05) is 22.6 Å². The van der Waals surface area contributed by atoms with Crippen LogP contribution in [0, 0.1) is 0 Å². The Balaban J connectivity index is 1.56. The summed E-state index contributed by atoms with van der Waals surface area (Å²) in [5.41, 5.74) is 1.01. The second-order valence-corrected chi connectivity index (χ2v) is 7.46. The number of nitrogens with zero attached hydrogens (tertiary/aromatic N) is 2. The average Bonchev–Trinajstić information content (AvgIpc) is 3.07. The molecule has 0 bridgehead atoms. The van der Waals surface area contributed by atoms with Gasteiger partial charge in [0.15, 0.2) is 17.3 Å². The van der Waals surface area contributed by atoms with Gasteiger partial charge in [-0.3, -0.25) is 4.72 Å². The van der Waals surface area contributed by atoms with Crippen molar-refractivity contribution < 1.29 is 17.9 Å². The second-order valence-electron chi connectivity index (χ2n) is 5.62. The molecule has 0 unspecified atom stereocenters. The van der Waals surface area contributed by atoms with E-state index in [4.69, 9.17) is 9.47 Å². The lowest BCUT2D eigenvalue weighted by atomic mass is 10.2. The Morgan fingerprint density at radius 3 is 2.60 bits per heavy atom. The van der Waals surface area contributed by atoms with Gasteiger partial charge in [0.1, 0.15) is 5.82 Å². The van der Waals surface area contributed by atoms with Crippen molar-refractivity contribution in [2.45, 2.75) is 26.3 Å². The standard InChI is InChI=1S/C16H20N4O4S/c1-2-3-8-25(21,22)20-16-7-6-15(18-19-16)17-10-12-4-5-13-14(9-12)24-11-23-13/h4-7,9H,2-3,8,10-11H2,1H3,(H,17,18)(H,19,20). The Labute approximate surface area is 146 Å². The molecule has 0 radical (unpaired) electrons. The number of aromatic nitrogens is 2. The van der Waals surface area contributed by atoms with Crippen molar-refractivity contribution >= 4 is 21.7 Å². The molecular formula is C16H20N4O4S. The van der Waals surface area contributed by atoms with Gasteiger partial charge < -0.3 is 14.8 Å². The first-order valence-electron chi connectivity index (χ1n) is 8.02. The number of ether oxygens (including phenoxy) is 2. The highest BCUT2D eigenvalue weighted by Gasteiger charge is 2.13. The minimum atomic E-state index is -3.37. The molecule has 0 saturated heterocycles. The molecule has 2 heterocycles. The van der Waals surface area contributed by atoms with Crippen LogP contribution in [0.1, 0.15) is 25.3 Å². The Morgan fingerprint density at radius 1 is 1.08 bits per heavy atom. The molecule has 1 aliphatic heterocycles. The van der Waals surface area contributed by atoms with Crippen LogP contribution in [0.4, 0.5) is 11.6 Å². The number of fused-ring (bicyclic) bond motifs is 1. The predicted octanol–water partition coefficient (Wildman–Crippen LogP) is 2.36. The summed E-state index contributed by atoms with van der Waals surface area (Å²) in [6, 6.07) is 8.96. The van der Waals surface area contributed by atoms with Crippen LogP contribution in [-0.2, 0) is 16.6 Å². The highest BCUT2D eigenvalue weighted by Crippen LogP contribution is 2.32. The fraction of sp³-hybridized carbons (Fsp3) is 0.375. The Hall–Kier alpha value is -2.55. The predicted molar refractivity (Wildman–Crippen MR) is 94.2 cm³/mol. The first-order valence-corrected chi connectivity index (χ1v) is 9.67. The first-order chi connectivity index (χ1) is 12.1. The van der Waals surface area contributed by atoms with Crippen molar-refractivity contribution in [2.24, 2.45) is 0 Å². The molecule has 0 fully saturated rings. The van der Waals surface area contributed by atoms with E-state index in [2.05, 4.69) is 20.2 Å². The number of hydrogen-bond acceptors (Lipinski definition) is 7. The van der Waals surface area contributed by atoms with Crippen LogP contribution in [0.3, 0.4) is 0 Å². The molecule has 1 aromatic carbocycles. The molecule has 0 saturated carbocycles. The molecule has 1 aliphatic rings. The molecule has 0 atom stereocenters. The molecule has 8 nitrogen and oxygen atoms in total. The topological polar surface area (TPSA) is 102 Å². The molecule has 0 aliphatic carbocycles. The number of unbranched alkanes of at least 4 members (excludes halogenated alkanes) is 1. The maximum Gasteiger partial charge on any atom is 0.233 e. The fourth-order valence-electron chi connectivity index (χ4n) is 2.27. The molecule has 2 aromatic rings. The van der Waals surface area contributed by atoms with Crippen molar-refractivity contribution in [3.05, 3.63) is 35.9 Å². The van der Waals surface area contributed by atoms with E-state index in [9.17, 15) is 8.42 Å². The Morgan fingerprint density at radius 2 is 1.84 bits per heavy atom.